The number of aromatic nitrogens is 3. The molecular formula is C12H23N5O3. The van der Waals surface area contributed by atoms with Crippen LogP contribution in [0.25, 0.3) is 0 Å². The summed E-state index contributed by atoms with van der Waals surface area (Å²) in [6, 6.07) is 0.286. The summed E-state index contributed by atoms with van der Waals surface area (Å²) in [5, 5.41) is 2.90. The van der Waals surface area contributed by atoms with Crippen LogP contribution in [-0.2, 0) is 9.47 Å². The molecule has 0 saturated heterocycles. The summed E-state index contributed by atoms with van der Waals surface area (Å²) in [5.74, 6) is 1.04. The van der Waals surface area contributed by atoms with Gasteiger partial charge in [-0.1, -0.05) is 0 Å². The summed E-state index contributed by atoms with van der Waals surface area (Å²) in [5.41, 5.74) is 0. The fraction of sp³-hybridized carbons (Fsp3) is 0.750. The molecular weight excluding hydrogens is 262 g/mol. The van der Waals surface area contributed by atoms with Gasteiger partial charge in [0.05, 0.1) is 13.7 Å². The summed E-state index contributed by atoms with van der Waals surface area (Å²) in [4.78, 5) is 14.7. The first-order valence-electron chi connectivity index (χ1n) is 6.45. The van der Waals surface area contributed by atoms with E-state index in [1.165, 1.54) is 7.11 Å². The minimum absolute atomic E-state index is 0.286. The summed E-state index contributed by atoms with van der Waals surface area (Å²) in [7, 11) is 6.64. The minimum atomic E-state index is 0.286. The van der Waals surface area contributed by atoms with Crippen molar-refractivity contribution in [3.05, 3.63) is 0 Å². The van der Waals surface area contributed by atoms with Crippen molar-refractivity contribution >= 4 is 11.9 Å². The summed E-state index contributed by atoms with van der Waals surface area (Å²) in [6.07, 6.45) is 0.878. The molecule has 0 aliphatic heterocycles. The zero-order chi connectivity index (χ0) is 14.8. The Bertz CT molecular complexity index is 369. The van der Waals surface area contributed by atoms with Crippen LogP contribution in [0.5, 0.6) is 6.01 Å². The van der Waals surface area contributed by atoms with Crippen molar-refractivity contribution < 1.29 is 14.2 Å². The van der Waals surface area contributed by atoms with Crippen LogP contribution >= 0.6 is 0 Å². The smallest absolute Gasteiger partial charge is 0.322 e. The highest BCUT2D eigenvalue weighted by molar-refractivity contribution is 5.38. The van der Waals surface area contributed by atoms with Gasteiger partial charge in [0.2, 0.25) is 11.9 Å². The van der Waals surface area contributed by atoms with E-state index in [4.69, 9.17) is 14.2 Å². The highest BCUT2D eigenvalue weighted by Gasteiger charge is 2.13. The second-order valence-corrected chi connectivity index (χ2v) is 4.02. The number of nitrogens with one attached hydrogen (secondary N) is 1. The fourth-order valence-corrected chi connectivity index (χ4v) is 1.60. The largest absolute Gasteiger partial charge is 0.467 e. The van der Waals surface area contributed by atoms with Crippen LogP contribution in [0, 0.1) is 0 Å². The molecule has 0 aromatic carbocycles. The number of rotatable bonds is 10. The van der Waals surface area contributed by atoms with Gasteiger partial charge in [0.1, 0.15) is 0 Å². The lowest BCUT2D eigenvalue weighted by atomic mass is 10.4. The molecule has 8 heteroatoms. The van der Waals surface area contributed by atoms with Crippen LogP contribution < -0.4 is 15.0 Å². The lowest BCUT2D eigenvalue weighted by Crippen LogP contribution is -2.31. The summed E-state index contributed by atoms with van der Waals surface area (Å²) < 4.78 is 15.3. The SMILES string of the molecule is CNc1nc(OC)nc(N(CCCOC)CCOC)n1. The Labute approximate surface area is 119 Å². The third-order valence-electron chi connectivity index (χ3n) is 2.63. The van der Waals surface area contributed by atoms with Gasteiger partial charge in [-0.3, -0.25) is 0 Å². The monoisotopic (exact) mass is 285 g/mol. The molecule has 1 aromatic rings. The number of hydrogen-bond acceptors (Lipinski definition) is 8. The molecule has 8 nitrogen and oxygen atoms in total. The van der Waals surface area contributed by atoms with Gasteiger partial charge in [-0.15, -0.1) is 0 Å². The number of ether oxygens (including phenoxy) is 3. The van der Waals surface area contributed by atoms with Gasteiger partial charge in [0, 0.05) is 41.0 Å². The van der Waals surface area contributed by atoms with Gasteiger partial charge < -0.3 is 24.4 Å². The van der Waals surface area contributed by atoms with Gasteiger partial charge in [0.15, 0.2) is 0 Å². The maximum atomic E-state index is 5.12. The second kappa shape index (κ2) is 9.27. The Balaban J connectivity index is 2.86. The number of hydrogen-bond donors (Lipinski definition) is 1. The second-order valence-electron chi connectivity index (χ2n) is 4.02. The van der Waals surface area contributed by atoms with E-state index in [9.17, 15) is 0 Å². The highest BCUT2D eigenvalue weighted by Crippen LogP contribution is 2.14. The van der Waals surface area contributed by atoms with Crippen LogP contribution in [-0.4, -0.2) is 69.6 Å². The van der Waals surface area contributed by atoms with Crippen molar-refractivity contribution in [2.75, 3.05) is 64.9 Å². The van der Waals surface area contributed by atoms with Crippen molar-refractivity contribution in [2.24, 2.45) is 0 Å². The molecule has 0 spiro atoms. The zero-order valence-corrected chi connectivity index (χ0v) is 12.5. The van der Waals surface area contributed by atoms with Crippen LogP contribution in [0.3, 0.4) is 0 Å². The molecule has 0 saturated carbocycles. The van der Waals surface area contributed by atoms with Gasteiger partial charge in [-0.05, 0) is 6.42 Å². The van der Waals surface area contributed by atoms with Gasteiger partial charge >= 0.3 is 6.01 Å². The fourth-order valence-electron chi connectivity index (χ4n) is 1.60. The number of anilines is 2. The van der Waals surface area contributed by atoms with Crippen LogP contribution in [0.2, 0.25) is 0 Å². The van der Waals surface area contributed by atoms with Crippen molar-refractivity contribution in [1.82, 2.24) is 15.0 Å². The quantitative estimate of drug-likeness (QED) is 0.619. The van der Waals surface area contributed by atoms with Gasteiger partial charge in [-0.2, -0.15) is 15.0 Å². The number of nitrogens with zero attached hydrogens (tertiary/aromatic N) is 4. The average Bonchev–Trinajstić information content (AvgIpc) is 2.50. The first kappa shape index (κ1) is 16.4. The maximum absolute atomic E-state index is 5.12. The van der Waals surface area contributed by atoms with E-state index < -0.39 is 0 Å². The first-order chi connectivity index (χ1) is 9.74. The molecule has 0 aliphatic carbocycles. The summed E-state index contributed by atoms with van der Waals surface area (Å²) in [6.45, 7) is 2.74. The van der Waals surface area contributed by atoms with Crippen molar-refractivity contribution in [1.29, 1.82) is 0 Å². The standard InChI is InChI=1S/C12H23N5O3/c1-13-10-14-11(16-12(15-10)20-4)17(7-9-19-3)6-5-8-18-2/h5-9H2,1-4H3,(H,13,14,15,16). The molecule has 0 bridgehead atoms. The third-order valence-corrected chi connectivity index (χ3v) is 2.63. The van der Waals surface area contributed by atoms with Crippen molar-refractivity contribution in [2.45, 2.75) is 6.42 Å². The van der Waals surface area contributed by atoms with E-state index in [0.717, 1.165) is 13.0 Å². The predicted molar refractivity (Wildman–Crippen MR) is 76.5 cm³/mol. The first-order valence-corrected chi connectivity index (χ1v) is 6.45. The molecule has 114 valence electrons. The molecule has 1 aromatic heterocycles. The Kier molecular flexibility index (Phi) is 7.59. The third kappa shape index (κ3) is 5.14. The highest BCUT2D eigenvalue weighted by atomic mass is 16.5. The average molecular weight is 285 g/mol. The van der Waals surface area contributed by atoms with E-state index in [-0.39, 0.29) is 6.01 Å². The molecule has 1 heterocycles. The zero-order valence-electron chi connectivity index (χ0n) is 12.5. The van der Waals surface area contributed by atoms with E-state index in [2.05, 4.69) is 20.3 Å². The molecule has 0 radical (unpaired) electrons. The Morgan fingerprint density at radius 3 is 2.35 bits per heavy atom. The summed E-state index contributed by atoms with van der Waals surface area (Å²) >= 11 is 0. The molecule has 0 fully saturated rings. The lowest BCUT2D eigenvalue weighted by molar-refractivity contribution is 0.190. The Morgan fingerprint density at radius 2 is 1.75 bits per heavy atom. The molecule has 1 rings (SSSR count). The maximum Gasteiger partial charge on any atom is 0.322 e. The van der Waals surface area contributed by atoms with E-state index >= 15 is 0 Å². The molecule has 0 amide bonds. The van der Waals surface area contributed by atoms with Crippen LogP contribution in [0.15, 0.2) is 0 Å². The molecule has 20 heavy (non-hydrogen) atoms. The van der Waals surface area contributed by atoms with Crippen LogP contribution in [0.4, 0.5) is 11.9 Å². The lowest BCUT2D eigenvalue weighted by Gasteiger charge is -2.22. The van der Waals surface area contributed by atoms with E-state index in [1.54, 1.807) is 21.3 Å². The molecule has 1 N–H and O–H groups in total. The topological polar surface area (TPSA) is 81.6 Å². The molecule has 0 unspecified atom stereocenters. The van der Waals surface area contributed by atoms with E-state index in [0.29, 0.717) is 31.7 Å². The Morgan fingerprint density at radius 1 is 1.00 bits per heavy atom. The van der Waals surface area contributed by atoms with Crippen LogP contribution in [0.1, 0.15) is 6.42 Å². The number of methoxy groups -OCH3 is 3. The van der Waals surface area contributed by atoms with E-state index in [1.807, 2.05) is 4.90 Å². The molecule has 0 atom stereocenters. The van der Waals surface area contributed by atoms with Gasteiger partial charge in [0.25, 0.3) is 0 Å². The Hall–Kier alpha value is -1.67. The molecule has 0 aliphatic rings. The predicted octanol–water partition coefficient (Wildman–Crippen LogP) is 0.411. The van der Waals surface area contributed by atoms with Crippen molar-refractivity contribution in [3.8, 4) is 6.01 Å². The minimum Gasteiger partial charge on any atom is -0.467 e. The normalized spacial score (nSPS) is 10.4. The van der Waals surface area contributed by atoms with Crippen molar-refractivity contribution in [3.63, 3.8) is 0 Å². The van der Waals surface area contributed by atoms with Gasteiger partial charge in [-0.25, -0.2) is 0 Å².